The van der Waals surface area contributed by atoms with E-state index in [4.69, 9.17) is 4.74 Å². The van der Waals surface area contributed by atoms with Gasteiger partial charge in [-0.1, -0.05) is 18.2 Å². The number of ether oxygens (including phenoxy) is 1. The zero-order valence-electron chi connectivity index (χ0n) is 15.4. The van der Waals surface area contributed by atoms with E-state index < -0.39 is 0 Å². The average Bonchev–Trinajstić information content (AvgIpc) is 3.38. The highest BCUT2D eigenvalue weighted by Crippen LogP contribution is 2.37. The molecule has 0 radical (unpaired) electrons. The number of carbonyl (C=O) groups excluding carboxylic acids is 1. The predicted molar refractivity (Wildman–Crippen MR) is 104 cm³/mol. The van der Waals surface area contributed by atoms with E-state index in [9.17, 15) is 9.90 Å². The number of hydrazone groups is 1. The summed E-state index contributed by atoms with van der Waals surface area (Å²) in [6, 6.07) is 14.3. The van der Waals surface area contributed by atoms with Crippen molar-refractivity contribution in [3.05, 3.63) is 78.4 Å². The van der Waals surface area contributed by atoms with Crippen LogP contribution in [0, 0.1) is 0 Å². The van der Waals surface area contributed by atoms with E-state index in [1.807, 2.05) is 36.4 Å². The van der Waals surface area contributed by atoms with Crippen LogP contribution in [0.15, 0.2) is 72.4 Å². The van der Waals surface area contributed by atoms with Crippen LogP contribution in [0.2, 0.25) is 0 Å². The number of benzene rings is 2. The number of aromatic nitrogens is 2. The van der Waals surface area contributed by atoms with Crippen molar-refractivity contribution in [2.24, 2.45) is 5.10 Å². The Hall–Kier alpha value is -3.61. The minimum Gasteiger partial charge on any atom is -0.508 e. The molecular weight excluding hydrogens is 356 g/mol. The Morgan fingerprint density at radius 3 is 2.68 bits per heavy atom. The van der Waals surface area contributed by atoms with E-state index >= 15 is 0 Å². The van der Waals surface area contributed by atoms with E-state index in [0.717, 1.165) is 17.0 Å². The van der Waals surface area contributed by atoms with Crippen molar-refractivity contribution in [2.45, 2.75) is 19.0 Å². The predicted octanol–water partition coefficient (Wildman–Crippen LogP) is 2.98. The van der Waals surface area contributed by atoms with Crippen molar-refractivity contribution in [1.29, 1.82) is 0 Å². The van der Waals surface area contributed by atoms with Gasteiger partial charge in [-0.15, -0.1) is 0 Å². The largest absolute Gasteiger partial charge is 0.508 e. The van der Waals surface area contributed by atoms with E-state index in [-0.39, 0.29) is 24.2 Å². The van der Waals surface area contributed by atoms with Gasteiger partial charge < -0.3 is 14.4 Å². The maximum Gasteiger partial charge on any atom is 0.263 e. The smallest absolute Gasteiger partial charge is 0.263 e. The van der Waals surface area contributed by atoms with Gasteiger partial charge in [0, 0.05) is 24.4 Å². The molecule has 1 amide bonds. The summed E-state index contributed by atoms with van der Waals surface area (Å²) in [6.45, 7) is 0.128. The molecule has 142 valence electrons. The molecule has 0 bridgehead atoms. The molecule has 2 heterocycles. The van der Waals surface area contributed by atoms with Crippen LogP contribution >= 0.6 is 0 Å². The number of para-hydroxylation sites is 1. The van der Waals surface area contributed by atoms with Crippen LogP contribution in [0.25, 0.3) is 0 Å². The average molecular weight is 376 g/mol. The Morgan fingerprint density at radius 2 is 2.00 bits per heavy atom. The highest BCUT2D eigenvalue weighted by molar-refractivity contribution is 6.03. The Balaban J connectivity index is 1.67. The summed E-state index contributed by atoms with van der Waals surface area (Å²) in [5.74, 6) is 0.738. The molecular formula is C21H20N4O3. The molecule has 4 rings (SSSR count). The molecule has 7 nitrogen and oxygen atoms in total. The third-order valence-electron chi connectivity index (χ3n) is 4.76. The Kier molecular flexibility index (Phi) is 4.80. The summed E-state index contributed by atoms with van der Waals surface area (Å²) in [6.07, 6.45) is 5.47. The minimum absolute atomic E-state index is 0.128. The molecule has 1 aliphatic rings. The number of hydrogen-bond acceptors (Lipinski definition) is 5. The molecule has 0 fully saturated rings. The van der Waals surface area contributed by atoms with Gasteiger partial charge in [-0.2, -0.15) is 5.10 Å². The highest BCUT2D eigenvalue weighted by atomic mass is 16.5. The van der Waals surface area contributed by atoms with Crippen LogP contribution in [0.3, 0.4) is 0 Å². The first-order chi connectivity index (χ1) is 13.7. The number of aromatic hydroxyl groups is 1. The van der Waals surface area contributed by atoms with E-state index in [1.165, 1.54) is 5.01 Å². The quantitative estimate of drug-likeness (QED) is 0.742. The van der Waals surface area contributed by atoms with Crippen molar-refractivity contribution < 1.29 is 14.6 Å². The molecule has 1 atom stereocenters. The summed E-state index contributed by atoms with van der Waals surface area (Å²) in [4.78, 5) is 16.9. The third kappa shape index (κ3) is 3.46. The van der Waals surface area contributed by atoms with Crippen molar-refractivity contribution in [3.63, 3.8) is 0 Å². The second-order valence-corrected chi connectivity index (χ2v) is 6.53. The zero-order chi connectivity index (χ0) is 19.5. The van der Waals surface area contributed by atoms with Gasteiger partial charge in [-0.3, -0.25) is 4.79 Å². The van der Waals surface area contributed by atoms with Crippen molar-refractivity contribution in [1.82, 2.24) is 14.6 Å². The Labute approximate surface area is 162 Å². The number of methoxy groups -OCH3 is 1. The summed E-state index contributed by atoms with van der Waals surface area (Å²) >= 11 is 0. The molecule has 1 unspecified atom stereocenters. The summed E-state index contributed by atoms with van der Waals surface area (Å²) < 4.78 is 6.91. The van der Waals surface area contributed by atoms with Gasteiger partial charge >= 0.3 is 0 Å². The van der Waals surface area contributed by atoms with E-state index in [2.05, 4.69) is 10.1 Å². The molecule has 2 aromatic carbocycles. The number of carbonyl (C=O) groups is 1. The second-order valence-electron chi connectivity index (χ2n) is 6.53. The lowest BCUT2D eigenvalue weighted by Crippen LogP contribution is -2.30. The van der Waals surface area contributed by atoms with Gasteiger partial charge in [-0.25, -0.2) is 9.99 Å². The van der Waals surface area contributed by atoms with Crippen LogP contribution in [0.4, 0.5) is 0 Å². The molecule has 0 aliphatic carbocycles. The summed E-state index contributed by atoms with van der Waals surface area (Å²) in [7, 11) is 1.62. The first-order valence-corrected chi connectivity index (χ1v) is 8.93. The lowest BCUT2D eigenvalue weighted by Gasteiger charge is -2.22. The number of rotatable bonds is 5. The van der Waals surface area contributed by atoms with Crippen LogP contribution in [-0.4, -0.2) is 38.4 Å². The fourth-order valence-corrected chi connectivity index (χ4v) is 3.32. The van der Waals surface area contributed by atoms with Crippen LogP contribution in [0.1, 0.15) is 23.6 Å². The molecule has 28 heavy (non-hydrogen) atoms. The van der Waals surface area contributed by atoms with Gasteiger partial charge in [0.2, 0.25) is 0 Å². The number of nitrogens with zero attached hydrogens (tertiary/aromatic N) is 4. The van der Waals surface area contributed by atoms with Gasteiger partial charge in [0.25, 0.3) is 5.91 Å². The number of hydrogen-bond donors (Lipinski definition) is 1. The van der Waals surface area contributed by atoms with Crippen LogP contribution in [0.5, 0.6) is 11.5 Å². The normalized spacial score (nSPS) is 16.1. The minimum atomic E-state index is -0.366. The maximum atomic E-state index is 13.0. The topological polar surface area (TPSA) is 80.0 Å². The molecule has 3 aromatic rings. The third-order valence-corrected chi connectivity index (χ3v) is 4.76. The van der Waals surface area contributed by atoms with Crippen LogP contribution in [-0.2, 0) is 11.3 Å². The number of phenolic OH excluding ortho intramolecular Hbond substituents is 1. The van der Waals surface area contributed by atoms with Crippen molar-refractivity contribution in [2.75, 3.05) is 7.11 Å². The first-order valence-electron chi connectivity index (χ1n) is 8.93. The highest BCUT2D eigenvalue weighted by Gasteiger charge is 2.34. The number of phenols is 1. The van der Waals surface area contributed by atoms with E-state index in [1.54, 1.807) is 42.5 Å². The van der Waals surface area contributed by atoms with E-state index in [0.29, 0.717) is 12.0 Å². The standard InChI is InChI=1S/C21H20N4O3/c1-28-16-8-6-15(7-9-16)18-12-19(17-4-2-3-5-20(17)26)25(23-18)21(27)13-24-11-10-22-14-24/h2-11,14,19,26H,12-13H2,1H3. The van der Waals surface area contributed by atoms with Gasteiger partial charge in [0.15, 0.2) is 0 Å². The van der Waals surface area contributed by atoms with Gasteiger partial charge in [-0.05, 0) is 35.9 Å². The molecule has 1 N–H and O–H groups in total. The number of amides is 1. The fourth-order valence-electron chi connectivity index (χ4n) is 3.32. The zero-order valence-corrected chi connectivity index (χ0v) is 15.4. The number of imidazole rings is 1. The molecule has 1 aliphatic heterocycles. The molecule has 0 saturated carbocycles. The van der Waals surface area contributed by atoms with Crippen molar-refractivity contribution >= 4 is 11.6 Å². The maximum absolute atomic E-state index is 13.0. The lowest BCUT2D eigenvalue weighted by atomic mass is 9.97. The SMILES string of the molecule is COc1ccc(C2=NN(C(=O)Cn3ccnc3)C(c3ccccc3O)C2)cc1. The summed E-state index contributed by atoms with van der Waals surface area (Å²) in [5.41, 5.74) is 2.38. The molecule has 0 spiro atoms. The molecule has 7 heteroatoms. The van der Waals surface area contributed by atoms with Gasteiger partial charge in [0.1, 0.15) is 18.0 Å². The fraction of sp³-hybridized carbons (Fsp3) is 0.190. The van der Waals surface area contributed by atoms with Crippen LogP contribution < -0.4 is 4.74 Å². The molecule has 1 aromatic heterocycles. The van der Waals surface area contributed by atoms with Gasteiger partial charge in [0.05, 0.1) is 25.2 Å². The Morgan fingerprint density at radius 1 is 1.21 bits per heavy atom. The summed E-state index contributed by atoms with van der Waals surface area (Å²) in [5, 5.41) is 16.4. The monoisotopic (exact) mass is 376 g/mol. The lowest BCUT2D eigenvalue weighted by molar-refractivity contribution is -0.133. The Bertz CT molecular complexity index is 997. The van der Waals surface area contributed by atoms with Crippen molar-refractivity contribution in [3.8, 4) is 11.5 Å². The molecule has 0 saturated heterocycles. The second kappa shape index (κ2) is 7.56. The first kappa shape index (κ1) is 17.8.